The van der Waals surface area contributed by atoms with Gasteiger partial charge < -0.3 is 14.4 Å². The molecule has 0 heterocycles. The minimum Gasteiger partial charge on any atom is -0.443 e. The highest BCUT2D eigenvalue weighted by Gasteiger charge is 2.61. The number of rotatable bonds is 8. The SMILES string of the molecule is CC[C@@H]1C[C@@]1(SC(=N)N(COCC[Si](C)(C)C)C(=O)OC(C)(C)C)C(=O)N(C)C. The Labute approximate surface area is 181 Å². The van der Waals surface area contributed by atoms with Crippen LogP contribution in [0.5, 0.6) is 0 Å². The molecular formula is C20H39N3O4SSi. The third-order valence-corrected chi connectivity index (χ3v) is 7.82. The van der Waals surface area contributed by atoms with Crippen LogP contribution in [0.3, 0.4) is 0 Å². The molecular weight excluding hydrogens is 406 g/mol. The summed E-state index contributed by atoms with van der Waals surface area (Å²) in [5.41, 5.74) is -0.679. The van der Waals surface area contributed by atoms with Gasteiger partial charge in [-0.15, -0.1) is 0 Å². The zero-order valence-corrected chi connectivity index (χ0v) is 21.4. The molecule has 1 rings (SSSR count). The number of ether oxygens (including phenoxy) is 2. The average Bonchev–Trinajstić information content (AvgIpc) is 3.25. The highest BCUT2D eigenvalue weighted by Crippen LogP contribution is 2.57. The highest BCUT2D eigenvalue weighted by atomic mass is 32.2. The van der Waals surface area contributed by atoms with Crippen LogP contribution in [0.25, 0.3) is 0 Å². The number of nitrogens with one attached hydrogen (secondary N) is 1. The van der Waals surface area contributed by atoms with Crippen LogP contribution >= 0.6 is 11.8 Å². The van der Waals surface area contributed by atoms with Gasteiger partial charge in [-0.3, -0.25) is 10.2 Å². The molecule has 2 amide bonds. The monoisotopic (exact) mass is 445 g/mol. The molecule has 9 heteroatoms. The van der Waals surface area contributed by atoms with Crippen molar-refractivity contribution in [3.8, 4) is 0 Å². The molecule has 1 N–H and O–H groups in total. The van der Waals surface area contributed by atoms with Gasteiger partial charge in [0.2, 0.25) is 5.91 Å². The summed E-state index contributed by atoms with van der Waals surface area (Å²) in [6, 6.07) is 0.969. The molecule has 0 saturated heterocycles. The zero-order valence-electron chi connectivity index (χ0n) is 19.5. The van der Waals surface area contributed by atoms with E-state index in [-0.39, 0.29) is 23.7 Å². The van der Waals surface area contributed by atoms with Crippen molar-refractivity contribution in [1.82, 2.24) is 9.80 Å². The van der Waals surface area contributed by atoms with E-state index >= 15 is 0 Å². The van der Waals surface area contributed by atoms with Gasteiger partial charge in [-0.1, -0.05) is 44.7 Å². The van der Waals surface area contributed by atoms with Gasteiger partial charge in [0.1, 0.15) is 17.1 Å². The van der Waals surface area contributed by atoms with Crippen LogP contribution < -0.4 is 0 Å². The molecule has 1 aliphatic carbocycles. The lowest BCUT2D eigenvalue weighted by atomic mass is 10.2. The number of amides is 2. The standard InChI is InChI=1S/C20H39N3O4SSi/c1-10-15-13-20(15,16(24)22(5)6)28-17(21)23(18(25)27-19(2,3)4)14-26-11-12-29(7,8)9/h15,21H,10-14H2,1-9H3/t15-,20+/m1/s1. The van der Waals surface area contributed by atoms with E-state index in [1.807, 2.05) is 6.92 Å². The molecule has 1 aliphatic rings. The molecule has 168 valence electrons. The van der Waals surface area contributed by atoms with Crippen molar-refractivity contribution in [2.75, 3.05) is 27.4 Å². The Morgan fingerprint density at radius 1 is 1.24 bits per heavy atom. The molecule has 1 saturated carbocycles. The fraction of sp³-hybridized carbons (Fsp3) is 0.850. The topological polar surface area (TPSA) is 82.9 Å². The lowest BCUT2D eigenvalue weighted by Crippen LogP contribution is -2.43. The maximum absolute atomic E-state index is 12.8. The van der Waals surface area contributed by atoms with E-state index in [1.54, 1.807) is 39.8 Å². The van der Waals surface area contributed by atoms with Gasteiger partial charge >= 0.3 is 6.09 Å². The fourth-order valence-corrected chi connectivity index (χ4v) is 5.09. The number of carbonyl (C=O) groups is 2. The Bertz CT molecular complexity index is 616. The van der Waals surface area contributed by atoms with Crippen molar-refractivity contribution in [3.63, 3.8) is 0 Å². The molecule has 29 heavy (non-hydrogen) atoms. The molecule has 0 aromatic carbocycles. The summed E-state index contributed by atoms with van der Waals surface area (Å²) >= 11 is 1.15. The second-order valence-electron chi connectivity index (χ2n) is 10.1. The van der Waals surface area contributed by atoms with E-state index in [9.17, 15) is 9.59 Å². The lowest BCUT2D eigenvalue weighted by molar-refractivity contribution is -0.129. The second kappa shape index (κ2) is 9.83. The van der Waals surface area contributed by atoms with E-state index < -0.39 is 24.5 Å². The predicted molar refractivity (Wildman–Crippen MR) is 122 cm³/mol. The minimum atomic E-state index is -1.26. The number of nitrogens with zero attached hydrogens (tertiary/aromatic N) is 2. The summed E-state index contributed by atoms with van der Waals surface area (Å²) < 4.78 is 10.5. The molecule has 0 bridgehead atoms. The first kappa shape index (κ1) is 26.0. The van der Waals surface area contributed by atoms with E-state index in [0.29, 0.717) is 13.0 Å². The lowest BCUT2D eigenvalue weighted by Gasteiger charge is -2.29. The highest BCUT2D eigenvalue weighted by molar-refractivity contribution is 8.15. The van der Waals surface area contributed by atoms with Crippen molar-refractivity contribution in [1.29, 1.82) is 5.41 Å². The van der Waals surface area contributed by atoms with Gasteiger partial charge in [0.15, 0.2) is 5.17 Å². The van der Waals surface area contributed by atoms with Crippen LogP contribution in [0, 0.1) is 11.3 Å². The average molecular weight is 446 g/mol. The summed E-state index contributed by atoms with van der Waals surface area (Å²) in [4.78, 5) is 28.3. The van der Waals surface area contributed by atoms with Crippen molar-refractivity contribution in [2.24, 2.45) is 5.92 Å². The summed E-state index contributed by atoms with van der Waals surface area (Å²) in [7, 11) is 2.19. The molecule has 0 spiro atoms. The molecule has 0 aliphatic heterocycles. The first-order valence-electron chi connectivity index (χ1n) is 10.2. The normalized spacial score (nSPS) is 21.5. The van der Waals surface area contributed by atoms with Gasteiger partial charge in [-0.25, -0.2) is 9.69 Å². The molecule has 1 fully saturated rings. The first-order chi connectivity index (χ1) is 13.1. The molecule has 0 unspecified atom stereocenters. The molecule has 0 radical (unpaired) electrons. The number of hydrogen-bond donors (Lipinski definition) is 1. The third kappa shape index (κ3) is 7.94. The number of hydrogen-bond acceptors (Lipinski definition) is 6. The fourth-order valence-electron chi connectivity index (χ4n) is 2.86. The van der Waals surface area contributed by atoms with Gasteiger partial charge in [-0.05, 0) is 39.2 Å². The van der Waals surface area contributed by atoms with Crippen LogP contribution in [0.1, 0.15) is 40.5 Å². The Morgan fingerprint density at radius 3 is 2.24 bits per heavy atom. The zero-order chi connectivity index (χ0) is 22.6. The van der Waals surface area contributed by atoms with Crippen LogP contribution in [-0.4, -0.2) is 72.8 Å². The quantitative estimate of drug-likeness (QED) is 0.196. The van der Waals surface area contributed by atoms with Crippen LogP contribution in [-0.2, 0) is 14.3 Å². The maximum atomic E-state index is 12.8. The second-order valence-corrected chi connectivity index (χ2v) is 17.0. The first-order valence-corrected chi connectivity index (χ1v) is 14.7. The van der Waals surface area contributed by atoms with E-state index in [1.165, 1.54) is 4.90 Å². The van der Waals surface area contributed by atoms with Gasteiger partial charge in [-0.2, -0.15) is 0 Å². The summed E-state index contributed by atoms with van der Waals surface area (Å²) in [5, 5.41) is 8.58. The van der Waals surface area contributed by atoms with Crippen molar-refractivity contribution >= 4 is 37.0 Å². The van der Waals surface area contributed by atoms with Gasteiger partial charge in [0, 0.05) is 28.8 Å². The van der Waals surface area contributed by atoms with Gasteiger partial charge in [0.25, 0.3) is 0 Å². The van der Waals surface area contributed by atoms with Crippen LogP contribution in [0.4, 0.5) is 4.79 Å². The molecule has 2 atom stereocenters. The summed E-state index contributed by atoms with van der Waals surface area (Å²) in [6.45, 7) is 14.7. The van der Waals surface area contributed by atoms with E-state index in [0.717, 1.165) is 24.2 Å². The third-order valence-electron chi connectivity index (χ3n) is 4.66. The largest absolute Gasteiger partial charge is 0.443 e. The predicted octanol–water partition coefficient (Wildman–Crippen LogP) is 4.46. The van der Waals surface area contributed by atoms with Crippen LogP contribution in [0.15, 0.2) is 0 Å². The Morgan fingerprint density at radius 2 is 1.83 bits per heavy atom. The molecule has 0 aromatic heterocycles. The van der Waals surface area contributed by atoms with Gasteiger partial charge in [0.05, 0.1) is 0 Å². The Balaban J connectivity index is 2.91. The van der Waals surface area contributed by atoms with Crippen LogP contribution in [0.2, 0.25) is 25.7 Å². The van der Waals surface area contributed by atoms with E-state index in [2.05, 4.69) is 19.6 Å². The van der Waals surface area contributed by atoms with Crippen molar-refractivity contribution in [3.05, 3.63) is 0 Å². The number of thioether (sulfide) groups is 1. The minimum absolute atomic E-state index is 0.00148. The summed E-state index contributed by atoms with van der Waals surface area (Å²) in [5.74, 6) is 0.193. The summed E-state index contributed by atoms with van der Waals surface area (Å²) in [6.07, 6.45) is 0.953. The molecule has 0 aromatic rings. The maximum Gasteiger partial charge on any atom is 0.418 e. The Kier molecular flexibility index (Phi) is 8.80. The smallest absolute Gasteiger partial charge is 0.418 e. The number of amidine groups is 1. The number of carbonyl (C=O) groups excluding carboxylic acids is 2. The Hall–Kier alpha value is -1.06. The molecule has 7 nitrogen and oxygen atoms in total. The van der Waals surface area contributed by atoms with Crippen molar-refractivity contribution in [2.45, 2.75) is 76.6 Å². The van der Waals surface area contributed by atoms with E-state index in [4.69, 9.17) is 14.9 Å². The van der Waals surface area contributed by atoms with Crippen molar-refractivity contribution < 1.29 is 19.1 Å².